The van der Waals surface area contributed by atoms with Crippen LogP contribution in [0.2, 0.25) is 0 Å². The Bertz CT molecular complexity index is 817. The van der Waals surface area contributed by atoms with Crippen LogP contribution in [0.15, 0.2) is 48.0 Å². The van der Waals surface area contributed by atoms with Crippen molar-refractivity contribution >= 4 is 5.78 Å². The van der Waals surface area contributed by atoms with Gasteiger partial charge in [-0.25, -0.2) is 0 Å². The molecule has 0 radical (unpaired) electrons. The van der Waals surface area contributed by atoms with Crippen LogP contribution in [0.25, 0.3) is 0 Å². The van der Waals surface area contributed by atoms with Gasteiger partial charge >= 0.3 is 0 Å². The Hall–Kier alpha value is -2.95. The van der Waals surface area contributed by atoms with E-state index in [0.29, 0.717) is 6.61 Å². The van der Waals surface area contributed by atoms with Gasteiger partial charge in [0.15, 0.2) is 5.78 Å². The van der Waals surface area contributed by atoms with E-state index in [9.17, 15) is 15.0 Å². The van der Waals surface area contributed by atoms with Gasteiger partial charge in [0.2, 0.25) is 0 Å². The summed E-state index contributed by atoms with van der Waals surface area (Å²) in [4.78, 5) is 12.3. The summed E-state index contributed by atoms with van der Waals surface area (Å²) in [5, 5.41) is 19.4. The fourth-order valence-corrected chi connectivity index (χ4v) is 2.69. The highest BCUT2D eigenvalue weighted by Gasteiger charge is 2.30. The number of rotatable bonds is 4. The summed E-state index contributed by atoms with van der Waals surface area (Å²) in [6.45, 7) is 4.53. The van der Waals surface area contributed by atoms with Gasteiger partial charge in [-0.1, -0.05) is 17.7 Å². The standard InChI is InChI=1S/C20H20O5/c1-12(2)7-8-24-15-5-3-13(4-6-15)18-11-17(23)20-16(22)9-14(21)10-19(20)25-18/h3-7,9-10,18,21-22H,8,11H2,1-2H3/t18-/m0/s1. The van der Waals surface area contributed by atoms with Crippen LogP contribution in [-0.4, -0.2) is 22.6 Å². The number of phenolic OH excluding ortho intramolecular Hbond substituents is 2. The lowest BCUT2D eigenvalue weighted by Crippen LogP contribution is -2.20. The molecule has 1 aliphatic heterocycles. The Balaban J connectivity index is 1.77. The summed E-state index contributed by atoms with van der Waals surface area (Å²) in [6, 6.07) is 9.84. The number of benzene rings is 2. The van der Waals surface area contributed by atoms with Crippen LogP contribution < -0.4 is 9.47 Å². The molecule has 0 saturated heterocycles. The van der Waals surface area contributed by atoms with Gasteiger partial charge in [-0.2, -0.15) is 0 Å². The third kappa shape index (κ3) is 3.76. The number of Topliss-reactive ketones (excluding diaryl/α,β-unsaturated/α-hetero) is 1. The number of hydrogen-bond donors (Lipinski definition) is 2. The van der Waals surface area contributed by atoms with Gasteiger partial charge in [-0.3, -0.25) is 4.79 Å². The summed E-state index contributed by atoms with van der Waals surface area (Å²) in [6.07, 6.45) is 1.66. The van der Waals surface area contributed by atoms with Gasteiger partial charge in [0.25, 0.3) is 0 Å². The van der Waals surface area contributed by atoms with Crippen LogP contribution in [0, 0.1) is 0 Å². The van der Waals surface area contributed by atoms with E-state index in [1.54, 1.807) is 0 Å². The Morgan fingerprint density at radius 2 is 1.96 bits per heavy atom. The number of allylic oxidation sites excluding steroid dienone is 1. The molecule has 3 rings (SSSR count). The van der Waals surface area contributed by atoms with E-state index in [4.69, 9.17) is 9.47 Å². The largest absolute Gasteiger partial charge is 0.508 e. The van der Waals surface area contributed by atoms with Gasteiger partial charge in [-0.05, 0) is 37.6 Å². The van der Waals surface area contributed by atoms with Gasteiger partial charge in [-0.15, -0.1) is 0 Å². The van der Waals surface area contributed by atoms with E-state index in [1.165, 1.54) is 11.6 Å². The molecular formula is C20H20O5. The minimum atomic E-state index is -0.465. The second-order valence-corrected chi connectivity index (χ2v) is 6.23. The van der Waals surface area contributed by atoms with Crippen LogP contribution in [-0.2, 0) is 0 Å². The molecule has 0 bridgehead atoms. The third-order valence-corrected chi connectivity index (χ3v) is 3.98. The average Bonchev–Trinajstić information content (AvgIpc) is 2.54. The summed E-state index contributed by atoms with van der Waals surface area (Å²) in [5.74, 6) is 0.309. The maximum Gasteiger partial charge on any atom is 0.174 e. The molecule has 0 unspecified atom stereocenters. The van der Waals surface area contributed by atoms with Crippen molar-refractivity contribution in [3.63, 3.8) is 0 Å². The zero-order valence-electron chi connectivity index (χ0n) is 14.2. The molecule has 2 aromatic carbocycles. The molecule has 0 amide bonds. The molecule has 0 aliphatic carbocycles. The van der Waals surface area contributed by atoms with Crippen molar-refractivity contribution in [2.45, 2.75) is 26.4 Å². The van der Waals surface area contributed by atoms with E-state index in [2.05, 4.69) is 0 Å². The van der Waals surface area contributed by atoms with Gasteiger partial charge in [0.05, 0.1) is 6.42 Å². The quantitative estimate of drug-likeness (QED) is 0.818. The Morgan fingerprint density at radius 3 is 2.64 bits per heavy atom. The fraction of sp³-hybridized carbons (Fsp3) is 0.250. The van der Waals surface area contributed by atoms with Crippen molar-refractivity contribution in [2.75, 3.05) is 6.61 Å². The number of carbonyl (C=O) groups excluding carboxylic acids is 1. The van der Waals surface area contributed by atoms with Crippen molar-refractivity contribution in [3.8, 4) is 23.0 Å². The Labute approximate surface area is 146 Å². The topological polar surface area (TPSA) is 76.0 Å². The number of aromatic hydroxyl groups is 2. The van der Waals surface area contributed by atoms with E-state index in [1.807, 2.05) is 44.2 Å². The van der Waals surface area contributed by atoms with Crippen LogP contribution >= 0.6 is 0 Å². The molecule has 1 heterocycles. The average molecular weight is 340 g/mol. The van der Waals surface area contributed by atoms with E-state index < -0.39 is 6.10 Å². The third-order valence-electron chi connectivity index (χ3n) is 3.98. The molecule has 2 aromatic rings. The Morgan fingerprint density at radius 1 is 1.24 bits per heavy atom. The van der Waals surface area contributed by atoms with Gasteiger partial charge in [0.1, 0.15) is 41.3 Å². The van der Waals surface area contributed by atoms with Crippen molar-refractivity contribution in [1.82, 2.24) is 0 Å². The first-order valence-electron chi connectivity index (χ1n) is 8.06. The highest BCUT2D eigenvalue weighted by molar-refractivity contribution is 6.02. The van der Waals surface area contributed by atoms with Crippen molar-refractivity contribution < 1.29 is 24.5 Å². The highest BCUT2D eigenvalue weighted by Crippen LogP contribution is 2.41. The molecule has 0 spiro atoms. The lowest BCUT2D eigenvalue weighted by molar-refractivity contribution is 0.0845. The number of ketones is 1. The second-order valence-electron chi connectivity index (χ2n) is 6.23. The summed E-state index contributed by atoms with van der Waals surface area (Å²) in [7, 11) is 0. The predicted octanol–water partition coefficient (Wildman–Crippen LogP) is 4.15. The van der Waals surface area contributed by atoms with Gasteiger partial charge in [0, 0.05) is 12.1 Å². The second kappa shape index (κ2) is 6.89. The molecule has 1 aliphatic rings. The number of carbonyl (C=O) groups is 1. The molecule has 5 heteroatoms. The summed E-state index contributed by atoms with van der Waals surface area (Å²) >= 11 is 0. The monoisotopic (exact) mass is 340 g/mol. The van der Waals surface area contributed by atoms with E-state index >= 15 is 0 Å². The zero-order valence-corrected chi connectivity index (χ0v) is 14.2. The number of phenols is 2. The molecule has 0 saturated carbocycles. The first-order valence-corrected chi connectivity index (χ1v) is 8.06. The molecule has 5 nitrogen and oxygen atoms in total. The first kappa shape index (κ1) is 16.9. The molecular weight excluding hydrogens is 320 g/mol. The molecule has 130 valence electrons. The summed E-state index contributed by atoms with van der Waals surface area (Å²) < 4.78 is 11.4. The van der Waals surface area contributed by atoms with Gasteiger partial charge < -0.3 is 19.7 Å². The lowest BCUT2D eigenvalue weighted by atomic mass is 9.95. The number of fused-ring (bicyclic) bond motifs is 1. The lowest BCUT2D eigenvalue weighted by Gasteiger charge is -2.26. The minimum absolute atomic E-state index is 0.121. The number of hydrogen-bond acceptors (Lipinski definition) is 5. The molecule has 2 N–H and O–H groups in total. The summed E-state index contributed by atoms with van der Waals surface area (Å²) in [5.41, 5.74) is 2.14. The van der Waals surface area contributed by atoms with Crippen LogP contribution in [0.5, 0.6) is 23.0 Å². The van der Waals surface area contributed by atoms with Crippen LogP contribution in [0.1, 0.15) is 42.3 Å². The first-order chi connectivity index (χ1) is 11.9. The number of ether oxygens (including phenoxy) is 2. The highest BCUT2D eigenvalue weighted by atomic mass is 16.5. The smallest absolute Gasteiger partial charge is 0.174 e. The zero-order chi connectivity index (χ0) is 18.0. The van der Waals surface area contributed by atoms with Crippen LogP contribution in [0.4, 0.5) is 0 Å². The van der Waals surface area contributed by atoms with Crippen molar-refractivity contribution in [3.05, 3.63) is 59.2 Å². The Kier molecular flexibility index (Phi) is 4.65. The maximum atomic E-state index is 12.3. The van der Waals surface area contributed by atoms with E-state index in [0.717, 1.165) is 17.4 Å². The maximum absolute atomic E-state index is 12.3. The minimum Gasteiger partial charge on any atom is -0.508 e. The fourth-order valence-electron chi connectivity index (χ4n) is 2.69. The molecule has 0 aromatic heterocycles. The van der Waals surface area contributed by atoms with Crippen LogP contribution in [0.3, 0.4) is 0 Å². The predicted molar refractivity (Wildman–Crippen MR) is 93.5 cm³/mol. The van der Waals surface area contributed by atoms with Crippen molar-refractivity contribution in [1.29, 1.82) is 0 Å². The molecule has 25 heavy (non-hydrogen) atoms. The normalized spacial score (nSPS) is 15.9. The van der Waals surface area contributed by atoms with E-state index in [-0.39, 0.29) is 35.0 Å². The SMILES string of the molecule is CC(C)=CCOc1ccc([C@@H]2CC(=O)c3c(O)cc(O)cc3O2)cc1. The molecule has 0 fully saturated rings. The van der Waals surface area contributed by atoms with Crippen molar-refractivity contribution in [2.24, 2.45) is 0 Å². The molecule has 1 atom stereocenters.